The van der Waals surface area contributed by atoms with Gasteiger partial charge in [-0.3, -0.25) is 0 Å². The van der Waals surface area contributed by atoms with E-state index in [2.05, 4.69) is 37.7 Å². The fraction of sp³-hybridized carbons (Fsp3) is 0.636. The molecule has 2 rings (SSSR count). The molecule has 0 amide bonds. The van der Waals surface area contributed by atoms with Crippen LogP contribution >= 0.6 is 27.5 Å². The van der Waals surface area contributed by atoms with Crippen LogP contribution in [0.4, 0.5) is 5.82 Å². The Morgan fingerprint density at radius 2 is 2.41 bits per heavy atom. The van der Waals surface area contributed by atoms with Crippen LogP contribution in [0.25, 0.3) is 0 Å². The molecule has 0 radical (unpaired) electrons. The van der Waals surface area contributed by atoms with Crippen molar-refractivity contribution in [1.82, 2.24) is 9.97 Å². The summed E-state index contributed by atoms with van der Waals surface area (Å²) in [7, 11) is 0. The van der Waals surface area contributed by atoms with E-state index in [9.17, 15) is 0 Å². The van der Waals surface area contributed by atoms with Crippen LogP contribution in [-0.2, 0) is 10.1 Å². The Hall–Kier alpha value is -0.390. The minimum absolute atomic E-state index is 0.304. The van der Waals surface area contributed by atoms with Gasteiger partial charge >= 0.3 is 0 Å². The highest BCUT2D eigenvalue weighted by atomic mass is 79.9. The number of nitrogens with zero attached hydrogens (tertiary/aromatic N) is 3. The van der Waals surface area contributed by atoms with Crippen LogP contribution in [0, 0.1) is 0 Å². The number of rotatable bonds is 3. The van der Waals surface area contributed by atoms with Crippen LogP contribution in [0.2, 0.25) is 5.28 Å². The first-order valence-corrected chi connectivity index (χ1v) is 7.18. The van der Waals surface area contributed by atoms with E-state index in [0.29, 0.717) is 16.7 Å². The van der Waals surface area contributed by atoms with Crippen LogP contribution in [0.1, 0.15) is 19.0 Å². The highest BCUT2D eigenvalue weighted by molar-refractivity contribution is 9.08. The molecular formula is C11H15BrClN3O. The normalized spacial score (nSPS) is 20.6. The van der Waals surface area contributed by atoms with Gasteiger partial charge in [0.15, 0.2) is 0 Å². The standard InChI is InChI=1S/C11H15BrClN3O/c1-2-9-7-17-4-3-16(9)10-5-8(6-12)14-11(13)15-10/h5,9H,2-4,6-7H2,1H3/t9-/m0/s1. The molecule has 0 unspecified atom stereocenters. The van der Waals surface area contributed by atoms with Crippen LogP contribution < -0.4 is 4.90 Å². The van der Waals surface area contributed by atoms with E-state index >= 15 is 0 Å². The molecule has 1 fully saturated rings. The number of alkyl halides is 1. The molecule has 1 aliphatic rings. The maximum atomic E-state index is 5.94. The molecule has 0 aliphatic carbocycles. The molecule has 2 heterocycles. The third-order valence-corrected chi connectivity index (χ3v) is 3.61. The quantitative estimate of drug-likeness (QED) is 0.634. The Morgan fingerprint density at radius 3 is 3.12 bits per heavy atom. The van der Waals surface area contributed by atoms with Crippen LogP contribution in [0.5, 0.6) is 0 Å². The van der Waals surface area contributed by atoms with Gasteiger partial charge in [-0.2, -0.15) is 0 Å². The van der Waals surface area contributed by atoms with Crippen molar-refractivity contribution >= 4 is 33.3 Å². The van der Waals surface area contributed by atoms with Gasteiger partial charge in [-0.1, -0.05) is 22.9 Å². The first-order chi connectivity index (χ1) is 8.24. The monoisotopic (exact) mass is 319 g/mol. The summed E-state index contributed by atoms with van der Waals surface area (Å²) in [6, 6.07) is 2.35. The van der Waals surface area contributed by atoms with E-state index in [1.54, 1.807) is 0 Å². The molecule has 0 N–H and O–H groups in total. The van der Waals surface area contributed by atoms with E-state index < -0.39 is 0 Å². The molecule has 0 saturated carbocycles. The first kappa shape index (κ1) is 13.1. The second kappa shape index (κ2) is 5.98. The van der Waals surface area contributed by atoms with Gasteiger partial charge in [0.1, 0.15) is 5.82 Å². The van der Waals surface area contributed by atoms with Gasteiger partial charge in [0.2, 0.25) is 5.28 Å². The lowest BCUT2D eigenvalue weighted by Gasteiger charge is -2.36. The number of aromatic nitrogens is 2. The minimum Gasteiger partial charge on any atom is -0.377 e. The van der Waals surface area contributed by atoms with E-state index in [4.69, 9.17) is 16.3 Å². The molecule has 0 aromatic carbocycles. The van der Waals surface area contributed by atoms with E-state index in [0.717, 1.165) is 37.7 Å². The molecule has 1 aromatic heterocycles. The SMILES string of the molecule is CC[C@H]1COCCN1c1cc(CBr)nc(Cl)n1. The summed E-state index contributed by atoms with van der Waals surface area (Å²) in [6.45, 7) is 4.50. The molecular weight excluding hydrogens is 305 g/mol. The summed E-state index contributed by atoms with van der Waals surface area (Å²) in [5.74, 6) is 0.898. The second-order valence-corrected chi connectivity index (χ2v) is 4.85. The van der Waals surface area contributed by atoms with Crippen molar-refractivity contribution in [2.75, 3.05) is 24.7 Å². The van der Waals surface area contributed by atoms with Gasteiger partial charge in [-0.15, -0.1) is 0 Å². The number of morpholine rings is 1. The Kier molecular flexibility index (Phi) is 4.59. The summed E-state index contributed by atoms with van der Waals surface area (Å²) < 4.78 is 5.48. The van der Waals surface area contributed by atoms with Gasteiger partial charge < -0.3 is 9.64 Å². The maximum absolute atomic E-state index is 5.94. The molecule has 1 aromatic rings. The predicted octanol–water partition coefficient (Wildman–Crippen LogP) is 2.64. The summed E-state index contributed by atoms with van der Waals surface area (Å²) in [5, 5.41) is 0.988. The van der Waals surface area contributed by atoms with Gasteiger partial charge in [0, 0.05) is 17.9 Å². The zero-order valence-electron chi connectivity index (χ0n) is 9.70. The lowest BCUT2D eigenvalue weighted by Crippen LogP contribution is -2.45. The van der Waals surface area contributed by atoms with Crippen molar-refractivity contribution in [3.05, 3.63) is 17.0 Å². The summed E-state index contributed by atoms with van der Waals surface area (Å²) in [6.07, 6.45) is 1.03. The summed E-state index contributed by atoms with van der Waals surface area (Å²) in [4.78, 5) is 10.7. The maximum Gasteiger partial charge on any atom is 0.224 e. The molecule has 1 aliphatic heterocycles. The average molecular weight is 321 g/mol. The van der Waals surface area contributed by atoms with Crippen LogP contribution in [0.15, 0.2) is 6.07 Å². The number of ether oxygens (including phenoxy) is 1. The lowest BCUT2D eigenvalue weighted by molar-refractivity contribution is 0.0925. The molecule has 1 saturated heterocycles. The van der Waals surface area contributed by atoms with E-state index in [-0.39, 0.29) is 0 Å². The zero-order valence-corrected chi connectivity index (χ0v) is 12.0. The van der Waals surface area contributed by atoms with Gasteiger partial charge in [-0.05, 0) is 18.0 Å². The van der Waals surface area contributed by atoms with Gasteiger partial charge in [0.25, 0.3) is 0 Å². The average Bonchev–Trinajstić information content (AvgIpc) is 2.37. The van der Waals surface area contributed by atoms with Gasteiger partial charge in [-0.25, -0.2) is 9.97 Å². The van der Waals surface area contributed by atoms with Crippen molar-refractivity contribution in [3.8, 4) is 0 Å². The minimum atomic E-state index is 0.304. The molecule has 0 bridgehead atoms. The third-order valence-electron chi connectivity index (χ3n) is 2.87. The Morgan fingerprint density at radius 1 is 1.59 bits per heavy atom. The molecule has 1 atom stereocenters. The van der Waals surface area contributed by atoms with Crippen molar-refractivity contribution in [2.24, 2.45) is 0 Å². The second-order valence-electron chi connectivity index (χ2n) is 3.95. The number of hydrogen-bond donors (Lipinski definition) is 0. The highest BCUT2D eigenvalue weighted by Gasteiger charge is 2.23. The Bertz CT molecular complexity index is 391. The van der Waals surface area contributed by atoms with E-state index in [1.807, 2.05) is 6.07 Å². The first-order valence-electron chi connectivity index (χ1n) is 5.68. The number of halogens is 2. The molecule has 17 heavy (non-hydrogen) atoms. The molecule has 0 spiro atoms. The molecule has 94 valence electrons. The topological polar surface area (TPSA) is 38.2 Å². The molecule has 4 nitrogen and oxygen atoms in total. The van der Waals surface area contributed by atoms with Crippen molar-refractivity contribution < 1.29 is 4.74 Å². The Balaban J connectivity index is 2.27. The fourth-order valence-corrected chi connectivity index (χ4v) is 2.44. The number of hydrogen-bond acceptors (Lipinski definition) is 4. The van der Waals surface area contributed by atoms with Crippen LogP contribution in [-0.4, -0.2) is 35.8 Å². The highest BCUT2D eigenvalue weighted by Crippen LogP contribution is 2.22. The Labute approximate surface area is 114 Å². The van der Waals surface area contributed by atoms with Crippen LogP contribution in [0.3, 0.4) is 0 Å². The van der Waals surface area contributed by atoms with Crippen molar-refractivity contribution in [1.29, 1.82) is 0 Å². The van der Waals surface area contributed by atoms with E-state index in [1.165, 1.54) is 0 Å². The predicted molar refractivity (Wildman–Crippen MR) is 71.9 cm³/mol. The smallest absolute Gasteiger partial charge is 0.224 e. The largest absolute Gasteiger partial charge is 0.377 e. The third kappa shape index (κ3) is 3.09. The zero-order chi connectivity index (χ0) is 12.3. The van der Waals surface area contributed by atoms with Gasteiger partial charge in [0.05, 0.1) is 24.9 Å². The molecule has 6 heteroatoms. The fourth-order valence-electron chi connectivity index (χ4n) is 1.96. The van der Waals surface area contributed by atoms with Crippen molar-refractivity contribution in [3.63, 3.8) is 0 Å². The lowest BCUT2D eigenvalue weighted by atomic mass is 10.2. The number of anilines is 1. The summed E-state index contributed by atoms with van der Waals surface area (Å²) in [5.41, 5.74) is 0.904. The van der Waals surface area contributed by atoms with Crippen molar-refractivity contribution in [2.45, 2.75) is 24.7 Å². The summed E-state index contributed by atoms with van der Waals surface area (Å²) >= 11 is 9.33.